The molecular formula is C19H21F2N3O. The maximum absolute atomic E-state index is 13.2. The molecular weight excluding hydrogens is 324 g/mol. The molecule has 4 nitrogen and oxygen atoms in total. The van der Waals surface area contributed by atoms with Gasteiger partial charge in [-0.25, -0.2) is 0 Å². The van der Waals surface area contributed by atoms with Crippen molar-refractivity contribution in [2.45, 2.75) is 19.5 Å². The third-order valence-corrected chi connectivity index (χ3v) is 5.54. The van der Waals surface area contributed by atoms with Crippen LogP contribution in [-0.4, -0.2) is 35.0 Å². The molecule has 1 amide bonds. The molecule has 3 heterocycles. The number of alkyl halides is 2. The molecule has 2 aliphatic heterocycles. The van der Waals surface area contributed by atoms with E-state index in [1.54, 1.807) is 4.90 Å². The number of rotatable bonds is 3. The number of nitrogens with one attached hydrogen (secondary N) is 1. The van der Waals surface area contributed by atoms with Gasteiger partial charge in [-0.1, -0.05) is 24.3 Å². The van der Waals surface area contributed by atoms with E-state index in [1.165, 1.54) is 18.3 Å². The quantitative estimate of drug-likeness (QED) is 0.927. The second-order valence-corrected chi connectivity index (χ2v) is 6.92. The third-order valence-electron chi connectivity index (χ3n) is 5.54. The van der Waals surface area contributed by atoms with Crippen molar-refractivity contribution in [2.75, 3.05) is 19.6 Å². The average Bonchev–Trinajstić information content (AvgIpc) is 3.30. The molecule has 0 radical (unpaired) electrons. The first-order chi connectivity index (χ1) is 12.1. The fourth-order valence-electron chi connectivity index (χ4n) is 4.34. The Balaban J connectivity index is 1.73. The van der Waals surface area contributed by atoms with E-state index >= 15 is 0 Å². The summed E-state index contributed by atoms with van der Waals surface area (Å²) < 4.78 is 27.2. The summed E-state index contributed by atoms with van der Waals surface area (Å²) in [5.41, 5.74) is 2.30. The molecule has 3 atom stereocenters. The van der Waals surface area contributed by atoms with E-state index in [1.807, 2.05) is 31.2 Å². The van der Waals surface area contributed by atoms with E-state index < -0.39 is 6.55 Å². The minimum Gasteiger partial charge on any atom is -0.330 e. The number of hydrogen-bond acceptors (Lipinski definition) is 2. The summed E-state index contributed by atoms with van der Waals surface area (Å²) in [6.07, 6.45) is 1.26. The van der Waals surface area contributed by atoms with Crippen molar-refractivity contribution in [1.82, 2.24) is 14.8 Å². The van der Waals surface area contributed by atoms with Crippen LogP contribution in [0, 0.1) is 18.8 Å². The van der Waals surface area contributed by atoms with Crippen molar-refractivity contribution in [3.05, 3.63) is 59.4 Å². The van der Waals surface area contributed by atoms with Gasteiger partial charge in [0, 0.05) is 31.7 Å². The van der Waals surface area contributed by atoms with Crippen molar-refractivity contribution in [2.24, 2.45) is 11.8 Å². The Kier molecular flexibility index (Phi) is 4.07. The van der Waals surface area contributed by atoms with Crippen molar-refractivity contribution >= 4 is 5.91 Å². The van der Waals surface area contributed by atoms with Crippen LogP contribution in [0.2, 0.25) is 0 Å². The molecule has 0 saturated carbocycles. The van der Waals surface area contributed by atoms with Crippen LogP contribution in [-0.2, 0) is 0 Å². The Bertz CT molecular complexity index is 788. The Labute approximate surface area is 145 Å². The molecule has 0 unspecified atom stereocenters. The third kappa shape index (κ3) is 2.65. The summed E-state index contributed by atoms with van der Waals surface area (Å²) in [6, 6.07) is 10.9. The summed E-state index contributed by atoms with van der Waals surface area (Å²) in [5.74, 6) is 0.372. The highest BCUT2D eigenvalue weighted by Gasteiger charge is 2.47. The van der Waals surface area contributed by atoms with E-state index in [2.05, 4.69) is 5.32 Å². The number of benzene rings is 1. The molecule has 25 heavy (non-hydrogen) atoms. The van der Waals surface area contributed by atoms with Crippen LogP contribution in [0.5, 0.6) is 0 Å². The van der Waals surface area contributed by atoms with Gasteiger partial charge in [0.1, 0.15) is 5.69 Å². The molecule has 4 rings (SSSR count). The molecule has 6 heteroatoms. The number of fused-ring (bicyclic) bond motifs is 1. The number of likely N-dealkylation sites (tertiary alicyclic amines) is 1. The van der Waals surface area contributed by atoms with Gasteiger partial charge in [-0.2, -0.15) is 8.78 Å². The largest absolute Gasteiger partial charge is 0.330 e. The van der Waals surface area contributed by atoms with E-state index in [4.69, 9.17) is 0 Å². The van der Waals surface area contributed by atoms with Gasteiger partial charge in [0.05, 0.1) is 6.04 Å². The fraction of sp³-hybridized carbons (Fsp3) is 0.421. The lowest BCUT2D eigenvalue weighted by molar-refractivity contribution is 0.0543. The first-order valence-corrected chi connectivity index (χ1v) is 8.60. The lowest BCUT2D eigenvalue weighted by Gasteiger charge is -2.30. The molecule has 1 N–H and O–H groups in total. The smallest absolute Gasteiger partial charge is 0.319 e. The van der Waals surface area contributed by atoms with Crippen LogP contribution in [0.1, 0.15) is 34.2 Å². The zero-order valence-corrected chi connectivity index (χ0v) is 14.0. The second kappa shape index (κ2) is 6.26. The predicted octanol–water partition coefficient (Wildman–Crippen LogP) is 3.22. The highest BCUT2D eigenvalue weighted by Crippen LogP contribution is 2.44. The van der Waals surface area contributed by atoms with E-state index in [9.17, 15) is 13.6 Å². The minimum atomic E-state index is -2.71. The summed E-state index contributed by atoms with van der Waals surface area (Å²) in [7, 11) is 0. The van der Waals surface area contributed by atoms with Gasteiger partial charge in [-0.05, 0) is 36.1 Å². The van der Waals surface area contributed by atoms with Crippen LogP contribution < -0.4 is 5.32 Å². The maximum Gasteiger partial charge on any atom is 0.319 e. The topological polar surface area (TPSA) is 37.3 Å². The summed E-state index contributed by atoms with van der Waals surface area (Å²) in [5, 5.41) is 3.40. The number of aromatic nitrogens is 1. The van der Waals surface area contributed by atoms with Gasteiger partial charge < -0.3 is 10.2 Å². The minimum absolute atomic E-state index is 0.0570. The number of nitrogens with zero attached hydrogens (tertiary/aromatic N) is 2. The maximum atomic E-state index is 13.2. The van der Waals surface area contributed by atoms with Crippen LogP contribution in [0.15, 0.2) is 42.6 Å². The van der Waals surface area contributed by atoms with Gasteiger partial charge >= 0.3 is 6.55 Å². The second-order valence-electron chi connectivity index (χ2n) is 6.92. The molecule has 2 aromatic rings. The van der Waals surface area contributed by atoms with Crippen LogP contribution in [0.4, 0.5) is 8.78 Å². The first kappa shape index (κ1) is 16.3. The van der Waals surface area contributed by atoms with E-state index in [-0.39, 0.29) is 17.6 Å². The number of halogens is 2. The number of hydrogen-bond donors (Lipinski definition) is 1. The number of aryl methyl sites for hydroxylation is 1. The highest BCUT2D eigenvalue weighted by molar-refractivity contribution is 5.93. The van der Waals surface area contributed by atoms with Gasteiger partial charge in [0.15, 0.2) is 0 Å². The summed E-state index contributed by atoms with van der Waals surface area (Å²) in [4.78, 5) is 14.9. The van der Waals surface area contributed by atoms with Crippen molar-refractivity contribution in [1.29, 1.82) is 0 Å². The highest BCUT2D eigenvalue weighted by atomic mass is 19.3. The molecule has 2 fully saturated rings. The van der Waals surface area contributed by atoms with Crippen LogP contribution >= 0.6 is 0 Å². The van der Waals surface area contributed by atoms with Gasteiger partial charge in [0.2, 0.25) is 0 Å². The Hall–Kier alpha value is -2.21. The average molecular weight is 345 g/mol. The SMILES string of the molecule is Cc1ccccc1[C@@H]1[C@H]2CNC[C@H]2CN1C(=O)c1cccn1C(F)F. The van der Waals surface area contributed by atoms with Crippen molar-refractivity contribution in [3.63, 3.8) is 0 Å². The zero-order valence-electron chi connectivity index (χ0n) is 14.0. The molecule has 132 valence electrons. The normalized spacial score (nSPS) is 25.6. The number of carbonyl (C=O) groups excluding carboxylic acids is 1. The molecule has 0 bridgehead atoms. The number of amides is 1. The van der Waals surface area contributed by atoms with Gasteiger partial charge in [-0.15, -0.1) is 0 Å². The van der Waals surface area contributed by atoms with E-state index in [0.29, 0.717) is 18.4 Å². The Morgan fingerprint density at radius 3 is 2.76 bits per heavy atom. The Morgan fingerprint density at radius 1 is 1.20 bits per heavy atom. The number of carbonyl (C=O) groups is 1. The van der Waals surface area contributed by atoms with Crippen LogP contribution in [0.25, 0.3) is 0 Å². The lowest BCUT2D eigenvalue weighted by Crippen LogP contribution is -2.36. The molecule has 1 aromatic heterocycles. The van der Waals surface area contributed by atoms with Crippen molar-refractivity contribution < 1.29 is 13.6 Å². The summed E-state index contributed by atoms with van der Waals surface area (Å²) >= 11 is 0. The molecule has 0 aliphatic carbocycles. The molecule has 2 aliphatic rings. The zero-order chi connectivity index (χ0) is 17.6. The van der Waals surface area contributed by atoms with Crippen molar-refractivity contribution in [3.8, 4) is 0 Å². The first-order valence-electron chi connectivity index (χ1n) is 8.60. The molecule has 0 spiro atoms. The fourth-order valence-corrected chi connectivity index (χ4v) is 4.34. The predicted molar refractivity (Wildman–Crippen MR) is 90.5 cm³/mol. The standard InChI is InChI=1S/C19H21F2N3O/c1-12-5-2-3-6-14(12)17-15-10-22-9-13(15)11-24(17)18(25)16-7-4-8-23(16)19(20)21/h2-8,13,15,17,19,22H,9-11H2,1H3/t13-,15-,17+/m0/s1. The summed E-state index contributed by atoms with van der Waals surface area (Å²) in [6.45, 7) is 1.64. The molecule has 1 aromatic carbocycles. The van der Waals surface area contributed by atoms with E-state index in [0.717, 1.165) is 28.8 Å². The Morgan fingerprint density at radius 2 is 2.00 bits per heavy atom. The van der Waals surface area contributed by atoms with Gasteiger partial charge in [0.25, 0.3) is 5.91 Å². The van der Waals surface area contributed by atoms with Crippen LogP contribution in [0.3, 0.4) is 0 Å². The van der Waals surface area contributed by atoms with Gasteiger partial charge in [-0.3, -0.25) is 9.36 Å². The monoisotopic (exact) mass is 345 g/mol. The lowest BCUT2D eigenvalue weighted by atomic mass is 9.87. The molecule has 2 saturated heterocycles.